The van der Waals surface area contributed by atoms with E-state index in [9.17, 15) is 0 Å². The second kappa shape index (κ2) is 11.4. The van der Waals surface area contributed by atoms with Gasteiger partial charge in [-0.1, -0.05) is 142 Å². The van der Waals surface area contributed by atoms with Gasteiger partial charge in [0.25, 0.3) is 0 Å². The molecule has 0 amide bonds. The molecule has 4 aliphatic rings. The van der Waals surface area contributed by atoms with Gasteiger partial charge in [-0.2, -0.15) is 0 Å². The molecule has 2 aliphatic heterocycles. The van der Waals surface area contributed by atoms with Crippen molar-refractivity contribution in [3.63, 3.8) is 0 Å². The zero-order chi connectivity index (χ0) is 33.4. The molecule has 4 aromatic rings. The van der Waals surface area contributed by atoms with Crippen LogP contribution in [-0.4, -0.2) is 24.1 Å². The summed E-state index contributed by atoms with van der Waals surface area (Å²) in [4.78, 5) is 0. The van der Waals surface area contributed by atoms with Crippen LogP contribution in [0.15, 0.2) is 121 Å². The van der Waals surface area contributed by atoms with Crippen LogP contribution >= 0.6 is 6.72 Å². The lowest BCUT2D eigenvalue weighted by atomic mass is 9.70. The molecule has 2 aliphatic carbocycles. The van der Waals surface area contributed by atoms with Crippen molar-refractivity contribution < 1.29 is 23.0 Å². The summed E-state index contributed by atoms with van der Waals surface area (Å²) in [5, 5.41) is 0. The summed E-state index contributed by atoms with van der Waals surface area (Å²) < 4.78 is 36.8. The Labute approximate surface area is 290 Å². The van der Waals surface area contributed by atoms with Crippen LogP contribution in [0.2, 0.25) is 0 Å². The van der Waals surface area contributed by atoms with Crippen molar-refractivity contribution in [3.8, 4) is 0 Å². The van der Waals surface area contributed by atoms with Gasteiger partial charge in [0.05, 0.1) is 6.10 Å². The minimum Gasteiger partial charge on any atom is -0.341 e. The SMILES string of the molecule is CC1(C)O[C@@H]2[C@@H](O1)C(c1ccccc1)(c1ccccc1)OP(=S)(O[C@@H]1C[C@@H]3CC[C@@]1(C)C3(C)C)OC2(c1ccccc1)c1ccccc1. The topological polar surface area (TPSA) is 46.2 Å². The first-order valence-corrected chi connectivity index (χ1v) is 19.8. The van der Waals surface area contributed by atoms with E-state index in [1.165, 1.54) is 6.42 Å². The van der Waals surface area contributed by atoms with Crippen LogP contribution in [0.1, 0.15) is 76.1 Å². The molecule has 5 atom stereocenters. The molecule has 2 saturated heterocycles. The summed E-state index contributed by atoms with van der Waals surface area (Å²) in [6, 6.07) is 41.1. The lowest BCUT2D eigenvalue weighted by Gasteiger charge is -2.44. The lowest BCUT2D eigenvalue weighted by Crippen LogP contribution is -2.53. The Hall–Kier alpha value is -2.67. The molecule has 5 nitrogen and oxygen atoms in total. The van der Waals surface area contributed by atoms with Crippen molar-refractivity contribution in [1.82, 2.24) is 0 Å². The zero-order valence-electron chi connectivity index (χ0n) is 28.4. The van der Waals surface area contributed by atoms with E-state index < -0.39 is 35.9 Å². The van der Waals surface area contributed by atoms with Gasteiger partial charge in [0.1, 0.15) is 12.2 Å². The van der Waals surface area contributed by atoms with Crippen LogP contribution in [0.25, 0.3) is 0 Å². The summed E-state index contributed by atoms with van der Waals surface area (Å²) in [7, 11) is 0. The molecule has 48 heavy (non-hydrogen) atoms. The second-order valence-corrected chi connectivity index (χ2v) is 18.1. The third-order valence-corrected chi connectivity index (χ3v) is 14.4. The van der Waals surface area contributed by atoms with Crippen molar-refractivity contribution in [1.29, 1.82) is 0 Å². The van der Waals surface area contributed by atoms with Gasteiger partial charge in [-0.3, -0.25) is 9.05 Å². The van der Waals surface area contributed by atoms with Gasteiger partial charge in [0.15, 0.2) is 17.0 Å². The highest BCUT2D eigenvalue weighted by Gasteiger charge is 2.70. The van der Waals surface area contributed by atoms with Crippen molar-refractivity contribution in [2.24, 2.45) is 16.7 Å². The molecule has 0 aromatic heterocycles. The van der Waals surface area contributed by atoms with Crippen LogP contribution in [0.5, 0.6) is 0 Å². The fourth-order valence-electron chi connectivity index (χ4n) is 9.26. The molecule has 7 heteroatoms. The molecule has 250 valence electrons. The van der Waals surface area contributed by atoms with Gasteiger partial charge in [0.2, 0.25) is 0 Å². The van der Waals surface area contributed by atoms with Crippen LogP contribution in [0.3, 0.4) is 0 Å². The molecule has 2 saturated carbocycles. The van der Waals surface area contributed by atoms with Gasteiger partial charge >= 0.3 is 6.72 Å². The summed E-state index contributed by atoms with van der Waals surface area (Å²) in [5.41, 5.74) is 1.21. The second-order valence-electron chi connectivity index (χ2n) is 15.2. The van der Waals surface area contributed by atoms with E-state index >= 15 is 0 Å². The van der Waals surface area contributed by atoms with Crippen LogP contribution in [0, 0.1) is 16.7 Å². The first kappa shape index (κ1) is 32.5. The van der Waals surface area contributed by atoms with Crippen LogP contribution in [-0.2, 0) is 46.1 Å². The average Bonchev–Trinajstić information content (AvgIpc) is 3.59. The molecule has 8 rings (SSSR count). The van der Waals surface area contributed by atoms with Crippen LogP contribution in [0.4, 0.5) is 0 Å². The normalized spacial score (nSPS) is 31.9. The van der Waals surface area contributed by atoms with E-state index in [-0.39, 0.29) is 16.9 Å². The molecule has 0 unspecified atom stereocenters. The van der Waals surface area contributed by atoms with Gasteiger partial charge in [0, 0.05) is 0 Å². The standard InChI is InChI=1S/C41H45O5PS/c1-37(2)33-26-27-39(37,5)34(28-33)44-47(48)45-40(29-18-10-6-11-19-29,30-20-12-7-13-21-30)35-36(43-38(3,4)42-35)41(46-47,31-22-14-8-15-23-31)32-24-16-9-17-25-32/h6-25,33-36H,26-28H2,1-5H3/t33-,34+,35+,36+,39+/m0/s1. The van der Waals surface area contributed by atoms with Crippen molar-refractivity contribution >= 4 is 18.5 Å². The molecule has 2 heterocycles. The van der Waals surface area contributed by atoms with Gasteiger partial charge in [-0.05, 0) is 83.9 Å². The maximum atomic E-state index is 7.62. The average molecular weight is 681 g/mol. The molecule has 0 radical (unpaired) electrons. The zero-order valence-corrected chi connectivity index (χ0v) is 30.1. The molecule has 0 spiro atoms. The summed E-state index contributed by atoms with van der Waals surface area (Å²) >= 11 is 6.78. The van der Waals surface area contributed by atoms with Crippen molar-refractivity contribution in [2.45, 2.75) is 89.2 Å². The van der Waals surface area contributed by atoms with E-state index in [0.717, 1.165) is 35.1 Å². The molecular formula is C41H45O5PS. The van der Waals surface area contributed by atoms with Crippen LogP contribution < -0.4 is 0 Å². The number of hydrogen-bond donors (Lipinski definition) is 0. The minimum absolute atomic E-state index is 0.0718. The Kier molecular flexibility index (Phi) is 7.75. The predicted octanol–water partition coefficient (Wildman–Crippen LogP) is 9.90. The maximum Gasteiger partial charge on any atom is 0.330 e. The Bertz CT molecular complexity index is 1630. The number of hydrogen-bond acceptors (Lipinski definition) is 6. The number of rotatable bonds is 6. The Balaban J connectivity index is 1.43. The summed E-state index contributed by atoms with van der Waals surface area (Å²) in [6.45, 7) is 7.42. The maximum absolute atomic E-state index is 7.62. The fourth-order valence-corrected chi connectivity index (χ4v) is 12.4. The first-order valence-electron chi connectivity index (χ1n) is 17.2. The third kappa shape index (κ3) is 4.79. The highest BCUT2D eigenvalue weighted by Crippen LogP contribution is 2.73. The van der Waals surface area contributed by atoms with Gasteiger partial charge < -0.3 is 14.0 Å². The van der Waals surface area contributed by atoms with E-state index in [1.54, 1.807) is 0 Å². The van der Waals surface area contributed by atoms with E-state index in [0.29, 0.717) is 5.92 Å². The fraction of sp³-hybridized carbons (Fsp3) is 0.415. The molecule has 4 fully saturated rings. The van der Waals surface area contributed by atoms with Gasteiger partial charge in [-0.25, -0.2) is 0 Å². The molecule has 2 bridgehead atoms. The Morgan fingerprint density at radius 2 is 0.979 bits per heavy atom. The summed E-state index contributed by atoms with van der Waals surface area (Å²) in [6.07, 6.45) is 1.72. The third-order valence-electron chi connectivity index (χ3n) is 12.2. The van der Waals surface area contributed by atoms with E-state index in [2.05, 4.69) is 69.3 Å². The first-order chi connectivity index (χ1) is 22.9. The van der Waals surface area contributed by atoms with Crippen molar-refractivity contribution in [2.75, 3.05) is 0 Å². The number of fused-ring (bicyclic) bond motifs is 3. The van der Waals surface area contributed by atoms with Crippen molar-refractivity contribution in [3.05, 3.63) is 144 Å². The number of benzene rings is 4. The summed E-state index contributed by atoms with van der Waals surface area (Å²) in [5.74, 6) is -0.414. The smallest absolute Gasteiger partial charge is 0.330 e. The van der Waals surface area contributed by atoms with Gasteiger partial charge in [-0.15, -0.1) is 0 Å². The Morgan fingerprint density at radius 3 is 1.29 bits per heavy atom. The molecular weight excluding hydrogens is 635 g/mol. The predicted molar refractivity (Wildman–Crippen MR) is 192 cm³/mol. The Morgan fingerprint density at radius 1 is 0.604 bits per heavy atom. The molecule has 0 N–H and O–H groups in total. The van der Waals surface area contributed by atoms with E-state index in [4.69, 9.17) is 34.9 Å². The largest absolute Gasteiger partial charge is 0.341 e. The molecule has 4 aromatic carbocycles. The highest BCUT2D eigenvalue weighted by atomic mass is 32.5. The quantitative estimate of drug-likeness (QED) is 0.189. The highest BCUT2D eigenvalue weighted by molar-refractivity contribution is 8.07. The lowest BCUT2D eigenvalue weighted by molar-refractivity contribution is -0.177. The number of ether oxygens (including phenoxy) is 2. The monoisotopic (exact) mass is 680 g/mol. The van der Waals surface area contributed by atoms with E-state index in [1.807, 2.05) is 86.6 Å². The minimum atomic E-state index is -3.66.